The van der Waals surface area contributed by atoms with Gasteiger partial charge in [-0.3, -0.25) is 24.6 Å². The SMILES string of the molecule is Cc1cccnc1CN1CCC2(CC1)C(=O)N(c1ccc(-c3ccc(C(=O)O)cc3)nc1)C(=O)N2c1ccncn1. The monoisotopic (exact) mass is 549 g/mol. The molecule has 6 rings (SSSR count). The van der Waals surface area contributed by atoms with Crippen LogP contribution in [0.2, 0.25) is 0 Å². The van der Waals surface area contributed by atoms with Gasteiger partial charge in [0.05, 0.1) is 28.8 Å². The number of aromatic nitrogens is 4. The highest BCUT2D eigenvalue weighted by molar-refractivity contribution is 6.30. The Kier molecular flexibility index (Phi) is 6.72. The number of nitrogens with zero attached hydrogens (tertiary/aromatic N) is 7. The quantitative estimate of drug-likeness (QED) is 0.355. The maximum Gasteiger partial charge on any atom is 0.338 e. The topological polar surface area (TPSA) is 133 Å². The van der Waals surface area contributed by atoms with Gasteiger partial charge < -0.3 is 5.11 Å². The van der Waals surface area contributed by atoms with E-state index in [1.54, 1.807) is 42.7 Å². The van der Waals surface area contributed by atoms with Crippen LogP contribution in [0, 0.1) is 6.92 Å². The zero-order chi connectivity index (χ0) is 28.6. The van der Waals surface area contributed by atoms with Crippen LogP contribution < -0.4 is 9.80 Å². The first kappa shape index (κ1) is 26.2. The number of aryl methyl sites for hydroxylation is 1. The number of rotatable bonds is 6. The average molecular weight is 550 g/mol. The number of imide groups is 1. The van der Waals surface area contributed by atoms with Gasteiger partial charge in [0.25, 0.3) is 5.91 Å². The number of hydrogen-bond acceptors (Lipinski definition) is 8. The largest absolute Gasteiger partial charge is 0.478 e. The molecule has 0 aliphatic carbocycles. The first-order chi connectivity index (χ1) is 19.9. The Balaban J connectivity index is 1.28. The molecule has 2 fully saturated rings. The third-order valence-electron chi connectivity index (χ3n) is 7.82. The normalized spacial score (nSPS) is 16.9. The molecule has 0 bridgehead atoms. The molecular formula is C30H27N7O4. The zero-order valence-electron chi connectivity index (χ0n) is 22.3. The van der Waals surface area contributed by atoms with Crippen molar-refractivity contribution in [2.24, 2.45) is 0 Å². The highest BCUT2D eigenvalue weighted by Gasteiger charge is 2.59. The van der Waals surface area contributed by atoms with Crippen molar-refractivity contribution in [3.05, 3.63) is 96.3 Å². The summed E-state index contributed by atoms with van der Waals surface area (Å²) in [7, 11) is 0. The molecule has 2 saturated heterocycles. The summed E-state index contributed by atoms with van der Waals surface area (Å²) in [6, 6.07) is 14.8. The highest BCUT2D eigenvalue weighted by atomic mass is 16.4. The highest BCUT2D eigenvalue weighted by Crippen LogP contribution is 2.42. The number of hydrogen-bond donors (Lipinski definition) is 1. The molecule has 3 amide bonds. The Morgan fingerprint density at radius 1 is 0.951 bits per heavy atom. The summed E-state index contributed by atoms with van der Waals surface area (Å²) >= 11 is 0. The molecule has 206 valence electrons. The number of benzene rings is 1. The summed E-state index contributed by atoms with van der Waals surface area (Å²) in [5, 5.41) is 9.15. The van der Waals surface area contributed by atoms with Crippen molar-refractivity contribution >= 4 is 29.4 Å². The lowest BCUT2D eigenvalue weighted by Gasteiger charge is -2.41. The second-order valence-electron chi connectivity index (χ2n) is 10.2. The van der Waals surface area contributed by atoms with E-state index in [2.05, 4.69) is 24.8 Å². The van der Waals surface area contributed by atoms with Gasteiger partial charge in [-0.25, -0.2) is 24.5 Å². The molecular weight excluding hydrogens is 522 g/mol. The molecule has 0 saturated carbocycles. The van der Waals surface area contributed by atoms with Gasteiger partial charge >= 0.3 is 12.0 Å². The van der Waals surface area contributed by atoms with E-state index >= 15 is 0 Å². The lowest BCUT2D eigenvalue weighted by atomic mass is 9.85. The number of carboxylic acid groups (broad SMARTS) is 1. The van der Waals surface area contributed by atoms with Crippen LogP contribution >= 0.6 is 0 Å². The van der Waals surface area contributed by atoms with E-state index in [-0.39, 0.29) is 11.5 Å². The fourth-order valence-corrected chi connectivity index (χ4v) is 5.52. The first-order valence-electron chi connectivity index (χ1n) is 13.2. The summed E-state index contributed by atoms with van der Waals surface area (Å²) in [5.41, 5.74) is 2.86. The molecule has 4 aromatic rings. The van der Waals surface area contributed by atoms with Gasteiger partial charge in [0.1, 0.15) is 17.7 Å². The van der Waals surface area contributed by atoms with Crippen LogP contribution in [0.3, 0.4) is 0 Å². The molecule has 1 N–H and O–H groups in total. The number of likely N-dealkylation sites (tertiary alicyclic amines) is 1. The van der Waals surface area contributed by atoms with Crippen molar-refractivity contribution in [3.8, 4) is 11.3 Å². The van der Waals surface area contributed by atoms with Crippen molar-refractivity contribution in [1.29, 1.82) is 0 Å². The maximum absolute atomic E-state index is 14.2. The number of urea groups is 1. The minimum absolute atomic E-state index is 0.176. The molecule has 3 aromatic heterocycles. The van der Waals surface area contributed by atoms with Gasteiger partial charge in [0, 0.05) is 37.6 Å². The number of carboxylic acids is 1. The van der Waals surface area contributed by atoms with Crippen LogP contribution in [0.25, 0.3) is 11.3 Å². The van der Waals surface area contributed by atoms with E-state index < -0.39 is 17.5 Å². The van der Waals surface area contributed by atoms with Crippen molar-refractivity contribution in [2.75, 3.05) is 22.9 Å². The molecule has 2 aliphatic rings. The molecule has 1 aromatic carbocycles. The Bertz CT molecular complexity index is 1600. The molecule has 0 unspecified atom stereocenters. The minimum Gasteiger partial charge on any atom is -0.478 e. The summed E-state index contributed by atoms with van der Waals surface area (Å²) in [6.07, 6.45) is 7.07. The maximum atomic E-state index is 14.2. The number of pyridine rings is 2. The van der Waals surface area contributed by atoms with Crippen molar-refractivity contribution in [2.45, 2.75) is 31.8 Å². The van der Waals surface area contributed by atoms with Gasteiger partial charge in [-0.1, -0.05) is 18.2 Å². The summed E-state index contributed by atoms with van der Waals surface area (Å²) in [6.45, 7) is 3.91. The van der Waals surface area contributed by atoms with E-state index in [1.807, 2.05) is 19.1 Å². The second-order valence-corrected chi connectivity index (χ2v) is 10.2. The average Bonchev–Trinajstić information content (AvgIpc) is 3.21. The van der Waals surface area contributed by atoms with Crippen molar-refractivity contribution in [3.63, 3.8) is 0 Å². The Labute approximate surface area is 236 Å². The molecule has 2 aliphatic heterocycles. The Hall–Kier alpha value is -5.03. The molecule has 0 radical (unpaired) electrons. The standard InChI is InChI=1S/C30H27N7O4/c1-20-3-2-13-32-25(20)18-35-15-11-30(12-16-35)28(40)36(29(41)37(30)26-10-14-31-19-34-26)23-8-9-24(33-17-23)21-4-6-22(7-5-21)27(38)39/h2-10,13-14,17,19H,11-12,15-16,18H2,1H3,(H,38,39). The van der Waals surface area contributed by atoms with E-state index in [0.717, 1.165) is 16.8 Å². The number of amides is 3. The predicted molar refractivity (Wildman–Crippen MR) is 150 cm³/mol. The van der Waals surface area contributed by atoms with Crippen molar-refractivity contribution < 1.29 is 19.5 Å². The molecule has 1 spiro atoms. The van der Waals surface area contributed by atoms with Gasteiger partial charge in [-0.05, 0) is 61.7 Å². The lowest BCUT2D eigenvalue weighted by Crippen LogP contribution is -2.57. The van der Waals surface area contributed by atoms with Crippen LogP contribution in [-0.2, 0) is 11.3 Å². The van der Waals surface area contributed by atoms with Crippen LogP contribution in [0.4, 0.5) is 16.3 Å². The third kappa shape index (κ3) is 4.70. The molecule has 0 atom stereocenters. The third-order valence-corrected chi connectivity index (χ3v) is 7.82. The predicted octanol–water partition coefficient (Wildman–Crippen LogP) is 3.95. The van der Waals surface area contributed by atoms with Crippen LogP contribution in [-0.4, -0.2) is 66.5 Å². The second kappa shape index (κ2) is 10.5. The van der Waals surface area contributed by atoms with E-state index in [1.165, 1.54) is 34.5 Å². The molecule has 11 heteroatoms. The van der Waals surface area contributed by atoms with Crippen LogP contribution in [0.15, 0.2) is 79.5 Å². The zero-order valence-corrected chi connectivity index (χ0v) is 22.3. The Morgan fingerprint density at radius 3 is 2.37 bits per heavy atom. The van der Waals surface area contributed by atoms with E-state index in [4.69, 9.17) is 5.11 Å². The summed E-state index contributed by atoms with van der Waals surface area (Å²) in [4.78, 5) is 61.5. The minimum atomic E-state index is -1.09. The van der Waals surface area contributed by atoms with Gasteiger partial charge in [0.2, 0.25) is 0 Å². The van der Waals surface area contributed by atoms with E-state index in [9.17, 15) is 14.4 Å². The van der Waals surface area contributed by atoms with E-state index in [0.29, 0.717) is 49.7 Å². The number of carbonyl (C=O) groups excluding carboxylic acids is 2. The summed E-state index contributed by atoms with van der Waals surface area (Å²) in [5.74, 6) is -0.945. The summed E-state index contributed by atoms with van der Waals surface area (Å²) < 4.78 is 0. The van der Waals surface area contributed by atoms with Crippen LogP contribution in [0.5, 0.6) is 0 Å². The van der Waals surface area contributed by atoms with Crippen molar-refractivity contribution in [1.82, 2.24) is 24.8 Å². The van der Waals surface area contributed by atoms with Gasteiger partial charge in [-0.2, -0.15) is 0 Å². The fraction of sp³-hybridized carbons (Fsp3) is 0.233. The number of aromatic carboxylic acids is 1. The molecule has 11 nitrogen and oxygen atoms in total. The number of piperidine rings is 1. The molecule has 5 heterocycles. The number of carbonyl (C=O) groups is 3. The number of anilines is 2. The van der Waals surface area contributed by atoms with Crippen LogP contribution in [0.1, 0.15) is 34.5 Å². The van der Waals surface area contributed by atoms with Gasteiger partial charge in [0.15, 0.2) is 0 Å². The molecule has 41 heavy (non-hydrogen) atoms. The lowest BCUT2D eigenvalue weighted by molar-refractivity contribution is -0.123. The fourth-order valence-electron chi connectivity index (χ4n) is 5.52. The Morgan fingerprint density at radius 2 is 1.73 bits per heavy atom. The van der Waals surface area contributed by atoms with Gasteiger partial charge in [-0.15, -0.1) is 0 Å². The first-order valence-corrected chi connectivity index (χ1v) is 13.2. The smallest absolute Gasteiger partial charge is 0.338 e.